The summed E-state index contributed by atoms with van der Waals surface area (Å²) < 4.78 is 11.4. The van der Waals surface area contributed by atoms with Crippen LogP contribution in [0.4, 0.5) is 11.6 Å². The quantitative estimate of drug-likeness (QED) is 0.652. The summed E-state index contributed by atoms with van der Waals surface area (Å²) in [5.41, 5.74) is 0.841. The highest BCUT2D eigenvalue weighted by molar-refractivity contribution is 5.86. The lowest BCUT2D eigenvalue weighted by atomic mass is 10.1. The Morgan fingerprint density at radius 1 is 0.909 bits per heavy atom. The van der Waals surface area contributed by atoms with Crippen LogP contribution < -0.4 is 14.5 Å². The molecule has 0 unspecified atom stereocenters. The number of piperazine rings is 1. The van der Waals surface area contributed by atoms with Crippen LogP contribution in [0.3, 0.4) is 0 Å². The molecule has 4 heterocycles. The molecular weight excluding hydrogens is 424 g/mol. The molecule has 2 saturated heterocycles. The number of benzene rings is 1. The zero-order chi connectivity index (χ0) is 22.6. The summed E-state index contributed by atoms with van der Waals surface area (Å²) in [5, 5.41) is 0. The number of carbonyl (C=O) groups is 2. The Morgan fingerprint density at radius 3 is 2.39 bits per heavy atom. The average molecular weight is 453 g/mol. The molecule has 0 N–H and O–H groups in total. The summed E-state index contributed by atoms with van der Waals surface area (Å²) >= 11 is 0. The summed E-state index contributed by atoms with van der Waals surface area (Å²) in [7, 11) is 0. The largest absolute Gasteiger partial charge is 0.477 e. The minimum absolute atomic E-state index is 0.0397. The van der Waals surface area contributed by atoms with Crippen LogP contribution in [0.25, 0.3) is 0 Å². The molecule has 1 aromatic heterocycles. The minimum atomic E-state index is -0.641. The zero-order valence-corrected chi connectivity index (χ0v) is 18.5. The van der Waals surface area contributed by atoms with Crippen molar-refractivity contribution in [2.24, 2.45) is 0 Å². The van der Waals surface area contributed by atoms with Gasteiger partial charge in [-0.15, -0.1) is 0 Å². The molecule has 1 atom stereocenters. The van der Waals surface area contributed by atoms with Crippen molar-refractivity contribution in [3.8, 4) is 5.75 Å². The predicted octanol–water partition coefficient (Wildman–Crippen LogP) is 0.252. The lowest BCUT2D eigenvalue weighted by molar-refractivity contribution is -0.143. The molecule has 2 aromatic rings. The fourth-order valence-corrected chi connectivity index (χ4v) is 4.45. The Hall–Kier alpha value is -3.40. The number of fused-ring (bicyclic) bond motifs is 1. The number of ether oxygens (including phenoxy) is 2. The SMILES string of the molecule is O=C(CN1C[C@H](C(=O)N2CCOCC2)Oc2ccccc21)N1CCN(c2ncccn2)CC1. The van der Waals surface area contributed by atoms with Gasteiger partial charge >= 0.3 is 0 Å². The number of morpholine rings is 1. The van der Waals surface area contributed by atoms with Crippen molar-refractivity contribution in [1.82, 2.24) is 19.8 Å². The Balaban J connectivity index is 1.24. The van der Waals surface area contributed by atoms with E-state index in [9.17, 15) is 9.59 Å². The minimum Gasteiger partial charge on any atom is -0.477 e. The molecule has 174 valence electrons. The van der Waals surface area contributed by atoms with Crippen LogP contribution >= 0.6 is 0 Å². The van der Waals surface area contributed by atoms with Gasteiger partial charge in [0.15, 0.2) is 6.10 Å². The van der Waals surface area contributed by atoms with Gasteiger partial charge in [-0.1, -0.05) is 12.1 Å². The van der Waals surface area contributed by atoms with E-state index in [2.05, 4.69) is 14.9 Å². The first kappa shape index (κ1) is 21.4. The fraction of sp³-hybridized carbons (Fsp3) is 0.478. The maximum absolute atomic E-state index is 13.2. The molecule has 5 rings (SSSR count). The highest BCUT2D eigenvalue weighted by Gasteiger charge is 2.35. The van der Waals surface area contributed by atoms with Crippen molar-refractivity contribution < 1.29 is 19.1 Å². The van der Waals surface area contributed by atoms with E-state index < -0.39 is 6.10 Å². The Labute approximate surface area is 192 Å². The van der Waals surface area contributed by atoms with Crippen LogP contribution in [0.15, 0.2) is 42.7 Å². The van der Waals surface area contributed by atoms with E-state index in [1.807, 2.05) is 34.1 Å². The molecule has 10 nitrogen and oxygen atoms in total. The highest BCUT2D eigenvalue weighted by Crippen LogP contribution is 2.33. The summed E-state index contributed by atoms with van der Waals surface area (Å²) in [6.45, 7) is 5.35. The Bertz CT molecular complexity index is 976. The summed E-state index contributed by atoms with van der Waals surface area (Å²) in [6, 6.07) is 9.38. The van der Waals surface area contributed by atoms with Gasteiger partial charge in [0, 0.05) is 51.7 Å². The van der Waals surface area contributed by atoms with Gasteiger partial charge in [-0.05, 0) is 18.2 Å². The second kappa shape index (κ2) is 9.62. The van der Waals surface area contributed by atoms with Crippen molar-refractivity contribution in [3.05, 3.63) is 42.7 Å². The average Bonchev–Trinajstić information content (AvgIpc) is 2.89. The van der Waals surface area contributed by atoms with E-state index in [0.29, 0.717) is 70.7 Å². The van der Waals surface area contributed by atoms with Gasteiger partial charge in [0.25, 0.3) is 5.91 Å². The standard InChI is InChI=1S/C23H28N6O4/c30-21(26-8-10-28(11-9-26)23-24-6-3-7-25-23)17-29-16-20(22(31)27-12-14-32-15-13-27)33-19-5-2-1-4-18(19)29/h1-7,20H,8-17H2/t20-/m1/s1. The number of hydrogen-bond acceptors (Lipinski definition) is 8. The van der Waals surface area contributed by atoms with E-state index in [4.69, 9.17) is 9.47 Å². The van der Waals surface area contributed by atoms with Gasteiger partial charge < -0.3 is 29.1 Å². The third kappa shape index (κ3) is 4.70. The first-order valence-corrected chi connectivity index (χ1v) is 11.4. The number of rotatable bonds is 4. The van der Waals surface area contributed by atoms with Crippen LogP contribution in [0.2, 0.25) is 0 Å². The maximum atomic E-state index is 13.2. The monoisotopic (exact) mass is 452 g/mol. The summed E-state index contributed by atoms with van der Waals surface area (Å²) in [4.78, 5) is 42.6. The molecule has 3 aliphatic rings. The van der Waals surface area contributed by atoms with Crippen LogP contribution in [-0.4, -0.2) is 103 Å². The number of hydrogen-bond donors (Lipinski definition) is 0. The van der Waals surface area contributed by atoms with Crippen LogP contribution in [0.1, 0.15) is 0 Å². The second-order valence-corrected chi connectivity index (χ2v) is 8.31. The molecule has 2 fully saturated rings. The van der Waals surface area contributed by atoms with Crippen molar-refractivity contribution >= 4 is 23.5 Å². The first-order chi connectivity index (χ1) is 16.2. The highest BCUT2D eigenvalue weighted by atomic mass is 16.5. The van der Waals surface area contributed by atoms with Crippen LogP contribution in [0, 0.1) is 0 Å². The maximum Gasteiger partial charge on any atom is 0.265 e. The Kier molecular flexibility index (Phi) is 6.25. The molecule has 0 aliphatic carbocycles. The van der Waals surface area contributed by atoms with Gasteiger partial charge in [-0.3, -0.25) is 9.59 Å². The Morgan fingerprint density at radius 2 is 1.64 bits per heavy atom. The molecule has 0 spiro atoms. The number of para-hydroxylation sites is 2. The van der Waals surface area contributed by atoms with Crippen LogP contribution in [-0.2, 0) is 14.3 Å². The molecule has 0 bridgehead atoms. The third-order valence-electron chi connectivity index (χ3n) is 6.25. The molecule has 0 saturated carbocycles. The van der Waals surface area contributed by atoms with E-state index in [-0.39, 0.29) is 18.4 Å². The van der Waals surface area contributed by atoms with Gasteiger partial charge in [0.1, 0.15) is 5.75 Å². The summed E-state index contributed by atoms with van der Waals surface area (Å²) in [5.74, 6) is 1.31. The normalized spacial score (nSPS) is 20.8. The van der Waals surface area contributed by atoms with Gasteiger partial charge in [-0.2, -0.15) is 0 Å². The number of aromatic nitrogens is 2. The molecule has 33 heavy (non-hydrogen) atoms. The van der Waals surface area contributed by atoms with E-state index >= 15 is 0 Å². The number of anilines is 2. The van der Waals surface area contributed by atoms with Crippen molar-refractivity contribution in [2.45, 2.75) is 6.10 Å². The first-order valence-electron chi connectivity index (χ1n) is 11.4. The van der Waals surface area contributed by atoms with Crippen molar-refractivity contribution in [2.75, 3.05) is 75.4 Å². The van der Waals surface area contributed by atoms with Gasteiger partial charge in [-0.25, -0.2) is 9.97 Å². The lowest BCUT2D eigenvalue weighted by Gasteiger charge is -2.39. The molecule has 0 radical (unpaired) electrons. The summed E-state index contributed by atoms with van der Waals surface area (Å²) in [6.07, 6.45) is 2.81. The van der Waals surface area contributed by atoms with Crippen LogP contribution in [0.5, 0.6) is 5.75 Å². The van der Waals surface area contributed by atoms with Gasteiger partial charge in [0.2, 0.25) is 11.9 Å². The van der Waals surface area contributed by atoms with E-state index in [1.54, 1.807) is 23.4 Å². The second-order valence-electron chi connectivity index (χ2n) is 8.31. The lowest BCUT2D eigenvalue weighted by Crippen LogP contribution is -2.55. The molecule has 10 heteroatoms. The predicted molar refractivity (Wildman–Crippen MR) is 121 cm³/mol. The third-order valence-corrected chi connectivity index (χ3v) is 6.25. The fourth-order valence-electron chi connectivity index (χ4n) is 4.45. The number of amides is 2. The topological polar surface area (TPSA) is 91.3 Å². The molecule has 2 amide bonds. The number of nitrogens with zero attached hydrogens (tertiary/aromatic N) is 6. The molecular formula is C23H28N6O4. The smallest absolute Gasteiger partial charge is 0.265 e. The van der Waals surface area contributed by atoms with E-state index in [0.717, 1.165) is 5.69 Å². The van der Waals surface area contributed by atoms with Gasteiger partial charge in [0.05, 0.1) is 32.0 Å². The number of carbonyl (C=O) groups excluding carboxylic acids is 2. The zero-order valence-electron chi connectivity index (χ0n) is 18.5. The molecule has 3 aliphatic heterocycles. The van der Waals surface area contributed by atoms with Crippen molar-refractivity contribution in [3.63, 3.8) is 0 Å². The van der Waals surface area contributed by atoms with Crippen molar-refractivity contribution in [1.29, 1.82) is 0 Å². The molecule has 1 aromatic carbocycles. The van der Waals surface area contributed by atoms with E-state index in [1.165, 1.54) is 0 Å².